The Morgan fingerprint density at radius 1 is 1.13 bits per heavy atom. The van der Waals surface area contributed by atoms with Gasteiger partial charge in [0.1, 0.15) is 5.75 Å². The van der Waals surface area contributed by atoms with Gasteiger partial charge < -0.3 is 15.0 Å². The second kappa shape index (κ2) is 9.22. The molecule has 0 aliphatic rings. The number of imidazole rings is 1. The molecular formula is C24H24N4O2S. The number of amides is 1. The first kappa shape index (κ1) is 20.9. The number of aryl methyl sites for hydroxylation is 1. The molecule has 4 aromatic rings. The Balaban J connectivity index is 1.35. The molecule has 0 saturated heterocycles. The monoisotopic (exact) mass is 432 g/mol. The van der Waals surface area contributed by atoms with Crippen LogP contribution in [0.25, 0.3) is 11.0 Å². The number of nitrogens with one attached hydrogen (secondary N) is 2. The van der Waals surface area contributed by atoms with E-state index in [1.54, 1.807) is 25.1 Å². The number of carbonyl (C=O) groups excluding carboxylic acids is 1. The highest BCUT2D eigenvalue weighted by atomic mass is 32.2. The molecule has 158 valence electrons. The van der Waals surface area contributed by atoms with E-state index in [0.717, 1.165) is 50.1 Å². The molecule has 6 nitrogen and oxygen atoms in total. The molecule has 0 atom stereocenters. The van der Waals surface area contributed by atoms with Crippen molar-refractivity contribution >= 4 is 28.7 Å². The van der Waals surface area contributed by atoms with Crippen molar-refractivity contribution in [1.82, 2.24) is 20.3 Å². The van der Waals surface area contributed by atoms with Crippen molar-refractivity contribution in [3.05, 3.63) is 82.7 Å². The van der Waals surface area contributed by atoms with Crippen LogP contribution in [0.2, 0.25) is 0 Å². The average molecular weight is 433 g/mol. The smallest absolute Gasteiger partial charge is 0.251 e. The van der Waals surface area contributed by atoms with E-state index in [9.17, 15) is 4.79 Å². The zero-order valence-electron chi connectivity index (χ0n) is 17.7. The summed E-state index contributed by atoms with van der Waals surface area (Å²) in [7, 11) is 1.64. The predicted octanol–water partition coefficient (Wildman–Crippen LogP) is 4.81. The van der Waals surface area contributed by atoms with Gasteiger partial charge in [-0.25, -0.2) is 4.98 Å². The summed E-state index contributed by atoms with van der Waals surface area (Å²) < 4.78 is 5.43. The number of nitrogens with zero attached hydrogens (tertiary/aromatic N) is 2. The van der Waals surface area contributed by atoms with Gasteiger partial charge in [0.05, 0.1) is 30.4 Å². The largest absolute Gasteiger partial charge is 0.496 e. The molecule has 0 unspecified atom stereocenters. The first-order chi connectivity index (χ1) is 15.0. The number of hydrogen-bond acceptors (Lipinski definition) is 5. The van der Waals surface area contributed by atoms with Crippen LogP contribution in [0.3, 0.4) is 0 Å². The van der Waals surface area contributed by atoms with Crippen LogP contribution in [-0.2, 0) is 12.3 Å². The summed E-state index contributed by atoms with van der Waals surface area (Å²) in [6.45, 7) is 4.26. The first-order valence-corrected chi connectivity index (χ1v) is 11.0. The minimum absolute atomic E-state index is 0.128. The zero-order valence-corrected chi connectivity index (χ0v) is 18.5. The highest BCUT2D eigenvalue weighted by molar-refractivity contribution is 7.98. The molecule has 0 radical (unpaired) electrons. The molecule has 31 heavy (non-hydrogen) atoms. The number of para-hydroxylation sites is 2. The highest BCUT2D eigenvalue weighted by Crippen LogP contribution is 2.24. The summed E-state index contributed by atoms with van der Waals surface area (Å²) in [6, 6.07) is 15.6. The van der Waals surface area contributed by atoms with Gasteiger partial charge in [0.15, 0.2) is 5.16 Å². The van der Waals surface area contributed by atoms with Crippen molar-refractivity contribution in [2.75, 3.05) is 7.11 Å². The van der Waals surface area contributed by atoms with Gasteiger partial charge in [-0.15, -0.1) is 0 Å². The van der Waals surface area contributed by atoms with Crippen LogP contribution >= 0.6 is 11.8 Å². The Labute approximate surface area is 185 Å². The van der Waals surface area contributed by atoms with E-state index in [4.69, 9.17) is 4.74 Å². The van der Waals surface area contributed by atoms with Gasteiger partial charge in [-0.1, -0.05) is 36.0 Å². The van der Waals surface area contributed by atoms with Crippen LogP contribution in [-0.4, -0.2) is 28.0 Å². The summed E-state index contributed by atoms with van der Waals surface area (Å²) in [5.41, 5.74) is 6.47. The maximum absolute atomic E-state index is 12.6. The second-order valence-corrected chi connectivity index (χ2v) is 8.24. The van der Waals surface area contributed by atoms with Crippen LogP contribution in [0.5, 0.6) is 5.75 Å². The number of carbonyl (C=O) groups is 1. The van der Waals surface area contributed by atoms with Gasteiger partial charge in [-0.05, 0) is 43.7 Å². The Hall–Kier alpha value is -3.32. The van der Waals surface area contributed by atoms with Crippen molar-refractivity contribution in [2.24, 2.45) is 0 Å². The molecule has 0 fully saturated rings. The van der Waals surface area contributed by atoms with Gasteiger partial charge in [0.25, 0.3) is 5.91 Å². The molecule has 0 bridgehead atoms. The molecule has 4 rings (SSSR count). The van der Waals surface area contributed by atoms with Gasteiger partial charge in [-0.2, -0.15) is 0 Å². The normalized spacial score (nSPS) is 10.9. The molecule has 0 spiro atoms. The van der Waals surface area contributed by atoms with Crippen LogP contribution in [0.15, 0.2) is 59.9 Å². The molecule has 0 aliphatic heterocycles. The fourth-order valence-corrected chi connectivity index (χ4v) is 4.26. The lowest BCUT2D eigenvalue weighted by Gasteiger charge is -2.13. The van der Waals surface area contributed by atoms with Crippen molar-refractivity contribution in [2.45, 2.75) is 31.3 Å². The van der Waals surface area contributed by atoms with Gasteiger partial charge >= 0.3 is 0 Å². The summed E-state index contributed by atoms with van der Waals surface area (Å²) >= 11 is 1.64. The van der Waals surface area contributed by atoms with E-state index in [-0.39, 0.29) is 5.91 Å². The summed E-state index contributed by atoms with van der Waals surface area (Å²) in [5.74, 6) is 1.45. The predicted molar refractivity (Wildman–Crippen MR) is 124 cm³/mol. The fourth-order valence-electron chi connectivity index (χ4n) is 3.42. The summed E-state index contributed by atoms with van der Waals surface area (Å²) in [6.07, 6.45) is 1.77. The molecule has 7 heteroatoms. The van der Waals surface area contributed by atoms with E-state index in [1.165, 1.54) is 0 Å². The number of thioether (sulfide) groups is 1. The van der Waals surface area contributed by atoms with Crippen molar-refractivity contribution in [3.8, 4) is 5.75 Å². The van der Waals surface area contributed by atoms with Crippen molar-refractivity contribution in [1.29, 1.82) is 0 Å². The van der Waals surface area contributed by atoms with Crippen molar-refractivity contribution in [3.63, 3.8) is 0 Å². The minimum Gasteiger partial charge on any atom is -0.496 e. The van der Waals surface area contributed by atoms with Gasteiger partial charge in [0.2, 0.25) is 0 Å². The molecule has 2 N–H and O–H groups in total. The fraction of sp³-hybridized carbons (Fsp3) is 0.208. The second-order valence-electron chi connectivity index (χ2n) is 7.27. The van der Waals surface area contributed by atoms with E-state index in [1.807, 2.05) is 62.4 Å². The number of pyridine rings is 1. The number of aromatic amines is 1. The summed E-state index contributed by atoms with van der Waals surface area (Å²) in [4.78, 5) is 24.9. The van der Waals surface area contributed by atoms with Crippen molar-refractivity contribution < 1.29 is 9.53 Å². The lowest BCUT2D eigenvalue weighted by Crippen LogP contribution is -2.24. The van der Waals surface area contributed by atoms with E-state index < -0.39 is 0 Å². The van der Waals surface area contributed by atoms with E-state index in [0.29, 0.717) is 12.1 Å². The molecule has 2 heterocycles. The number of H-pyrrole nitrogens is 1. The van der Waals surface area contributed by atoms with E-state index in [2.05, 4.69) is 20.3 Å². The van der Waals surface area contributed by atoms with Crippen LogP contribution < -0.4 is 10.1 Å². The third-order valence-corrected chi connectivity index (χ3v) is 6.07. The Bertz CT molecular complexity index is 1190. The number of aromatic nitrogens is 3. The Morgan fingerprint density at radius 2 is 1.90 bits per heavy atom. The number of rotatable bonds is 7. The molecule has 0 saturated carbocycles. The SMILES string of the molecule is COc1c(C)cnc(CNC(=O)c2ccc(CSc3nc4ccccc4[nH]3)cc2)c1C. The first-order valence-electron chi connectivity index (χ1n) is 9.99. The third kappa shape index (κ3) is 4.72. The highest BCUT2D eigenvalue weighted by Gasteiger charge is 2.12. The van der Waals surface area contributed by atoms with Gasteiger partial charge in [-0.3, -0.25) is 9.78 Å². The minimum atomic E-state index is -0.128. The maximum Gasteiger partial charge on any atom is 0.251 e. The van der Waals surface area contributed by atoms with Crippen LogP contribution in [0.4, 0.5) is 0 Å². The lowest BCUT2D eigenvalue weighted by atomic mass is 10.1. The Kier molecular flexibility index (Phi) is 6.23. The topological polar surface area (TPSA) is 79.9 Å². The lowest BCUT2D eigenvalue weighted by molar-refractivity contribution is 0.0950. The maximum atomic E-state index is 12.6. The average Bonchev–Trinajstić information content (AvgIpc) is 3.21. The third-order valence-electron chi connectivity index (χ3n) is 5.13. The molecule has 0 aliphatic carbocycles. The number of hydrogen-bond donors (Lipinski definition) is 2. The quantitative estimate of drug-likeness (QED) is 0.410. The number of ether oxygens (including phenoxy) is 1. The molecular weight excluding hydrogens is 408 g/mol. The van der Waals surface area contributed by atoms with E-state index >= 15 is 0 Å². The number of methoxy groups -OCH3 is 1. The zero-order chi connectivity index (χ0) is 21.8. The van der Waals surface area contributed by atoms with Gasteiger partial charge in [0, 0.05) is 28.6 Å². The molecule has 1 amide bonds. The van der Waals surface area contributed by atoms with Crippen LogP contribution in [0.1, 0.15) is 32.7 Å². The standard InChI is InChI=1S/C24H24N4O2S/c1-15-12-25-21(16(2)22(15)30-3)13-26-23(29)18-10-8-17(9-11-18)14-31-24-27-19-6-4-5-7-20(19)28-24/h4-12H,13-14H2,1-3H3,(H,26,29)(H,27,28). The molecule has 2 aromatic carbocycles. The number of benzene rings is 2. The number of fused-ring (bicyclic) bond motifs is 1. The Morgan fingerprint density at radius 3 is 2.65 bits per heavy atom. The van der Waals surface area contributed by atoms with Crippen LogP contribution in [0, 0.1) is 13.8 Å². The molecule has 2 aromatic heterocycles. The summed E-state index contributed by atoms with van der Waals surface area (Å²) in [5, 5.41) is 3.83.